The molecule has 0 aliphatic carbocycles. The SMILES string of the molecule is CCOC(=O)C(CCSC(C)C(C)C)NC. The molecule has 0 spiro atoms. The Bertz CT molecular complexity index is 197. The maximum Gasteiger partial charge on any atom is 0.323 e. The van der Waals surface area contributed by atoms with Crippen LogP contribution >= 0.6 is 11.8 Å². The lowest BCUT2D eigenvalue weighted by Gasteiger charge is -2.18. The Morgan fingerprint density at radius 2 is 2.00 bits per heavy atom. The number of likely N-dealkylation sites (N-methyl/N-ethyl adjacent to an activating group) is 1. The van der Waals surface area contributed by atoms with Gasteiger partial charge in [-0.1, -0.05) is 20.8 Å². The maximum atomic E-state index is 11.5. The highest BCUT2D eigenvalue weighted by Gasteiger charge is 2.17. The molecule has 3 nitrogen and oxygen atoms in total. The third-order valence-electron chi connectivity index (χ3n) is 2.65. The summed E-state index contributed by atoms with van der Waals surface area (Å²) >= 11 is 1.92. The summed E-state index contributed by atoms with van der Waals surface area (Å²) in [6, 6.07) is -0.160. The van der Waals surface area contributed by atoms with Crippen LogP contribution in [0.3, 0.4) is 0 Å². The summed E-state index contributed by atoms with van der Waals surface area (Å²) in [6.45, 7) is 8.96. The average Bonchev–Trinajstić information content (AvgIpc) is 2.24. The zero-order chi connectivity index (χ0) is 12.6. The minimum atomic E-state index is -0.160. The van der Waals surface area contributed by atoms with E-state index in [0.717, 1.165) is 12.2 Å². The van der Waals surface area contributed by atoms with E-state index in [-0.39, 0.29) is 12.0 Å². The third-order valence-corrected chi connectivity index (χ3v) is 4.19. The molecule has 0 fully saturated rings. The van der Waals surface area contributed by atoms with Crippen molar-refractivity contribution in [2.45, 2.75) is 45.4 Å². The van der Waals surface area contributed by atoms with Crippen LogP contribution < -0.4 is 5.32 Å². The minimum Gasteiger partial charge on any atom is -0.465 e. The fourth-order valence-corrected chi connectivity index (χ4v) is 2.32. The predicted octanol–water partition coefficient (Wildman–Crippen LogP) is 2.31. The van der Waals surface area contributed by atoms with Gasteiger partial charge in [-0.15, -0.1) is 0 Å². The summed E-state index contributed by atoms with van der Waals surface area (Å²) in [5, 5.41) is 3.64. The van der Waals surface area contributed by atoms with Gasteiger partial charge >= 0.3 is 5.97 Å². The zero-order valence-corrected chi connectivity index (χ0v) is 11.9. The lowest BCUT2D eigenvalue weighted by Crippen LogP contribution is -2.36. The Morgan fingerprint density at radius 1 is 1.38 bits per heavy atom. The highest BCUT2D eigenvalue weighted by Crippen LogP contribution is 2.19. The molecular weight excluding hydrogens is 222 g/mol. The molecule has 2 atom stereocenters. The van der Waals surface area contributed by atoms with Crippen molar-refractivity contribution in [1.29, 1.82) is 0 Å². The molecular formula is C12H25NO2S. The first-order chi connectivity index (χ1) is 7.52. The molecule has 0 saturated heterocycles. The van der Waals surface area contributed by atoms with Gasteiger partial charge in [-0.2, -0.15) is 11.8 Å². The number of carbonyl (C=O) groups excluding carboxylic acids is 1. The van der Waals surface area contributed by atoms with Crippen molar-refractivity contribution in [3.63, 3.8) is 0 Å². The minimum absolute atomic E-state index is 0.136. The molecule has 16 heavy (non-hydrogen) atoms. The number of carbonyl (C=O) groups is 1. The van der Waals surface area contributed by atoms with Gasteiger partial charge in [-0.05, 0) is 32.1 Å². The van der Waals surface area contributed by atoms with Crippen LogP contribution in [-0.2, 0) is 9.53 Å². The molecule has 0 aliphatic rings. The molecule has 0 aromatic rings. The number of hydrogen-bond acceptors (Lipinski definition) is 4. The van der Waals surface area contributed by atoms with Gasteiger partial charge in [0.1, 0.15) is 6.04 Å². The number of esters is 1. The van der Waals surface area contributed by atoms with E-state index < -0.39 is 0 Å². The van der Waals surface area contributed by atoms with Gasteiger partial charge in [0.05, 0.1) is 6.61 Å². The van der Waals surface area contributed by atoms with E-state index >= 15 is 0 Å². The van der Waals surface area contributed by atoms with Crippen LogP contribution in [0.1, 0.15) is 34.1 Å². The largest absolute Gasteiger partial charge is 0.465 e. The van der Waals surface area contributed by atoms with Gasteiger partial charge in [0, 0.05) is 5.25 Å². The van der Waals surface area contributed by atoms with Crippen molar-refractivity contribution in [2.75, 3.05) is 19.4 Å². The van der Waals surface area contributed by atoms with E-state index in [1.165, 1.54) is 0 Å². The van der Waals surface area contributed by atoms with Crippen LogP contribution in [0, 0.1) is 5.92 Å². The summed E-state index contributed by atoms with van der Waals surface area (Å²) in [6.07, 6.45) is 0.830. The summed E-state index contributed by atoms with van der Waals surface area (Å²) in [5.74, 6) is 1.53. The van der Waals surface area contributed by atoms with Crippen molar-refractivity contribution in [3.05, 3.63) is 0 Å². The van der Waals surface area contributed by atoms with Crippen LogP contribution in [0.5, 0.6) is 0 Å². The van der Waals surface area contributed by atoms with Crippen molar-refractivity contribution >= 4 is 17.7 Å². The molecule has 0 aromatic heterocycles. The van der Waals surface area contributed by atoms with E-state index in [9.17, 15) is 4.79 Å². The maximum absolute atomic E-state index is 11.5. The first-order valence-corrected chi connectivity index (χ1v) is 7.03. The van der Waals surface area contributed by atoms with Crippen LogP contribution in [0.2, 0.25) is 0 Å². The molecule has 0 aromatic carbocycles. The van der Waals surface area contributed by atoms with E-state index in [0.29, 0.717) is 17.8 Å². The van der Waals surface area contributed by atoms with Gasteiger partial charge in [-0.25, -0.2) is 0 Å². The number of nitrogens with one attached hydrogen (secondary N) is 1. The predicted molar refractivity (Wildman–Crippen MR) is 70.9 cm³/mol. The lowest BCUT2D eigenvalue weighted by atomic mass is 10.2. The van der Waals surface area contributed by atoms with Crippen molar-refractivity contribution in [2.24, 2.45) is 5.92 Å². The molecule has 2 unspecified atom stereocenters. The monoisotopic (exact) mass is 247 g/mol. The van der Waals surface area contributed by atoms with Gasteiger partial charge in [0.15, 0.2) is 0 Å². The molecule has 0 bridgehead atoms. The lowest BCUT2D eigenvalue weighted by molar-refractivity contribution is -0.145. The number of rotatable bonds is 8. The Morgan fingerprint density at radius 3 is 2.44 bits per heavy atom. The first-order valence-electron chi connectivity index (χ1n) is 5.98. The normalized spacial score (nSPS) is 14.9. The standard InChI is InChI=1S/C12H25NO2S/c1-6-15-12(14)11(13-5)7-8-16-10(4)9(2)3/h9-11,13H,6-8H2,1-5H3. The molecule has 0 amide bonds. The third kappa shape index (κ3) is 6.38. The second-order valence-corrected chi connectivity index (χ2v) is 5.69. The second-order valence-electron chi connectivity index (χ2n) is 4.20. The van der Waals surface area contributed by atoms with Crippen LogP contribution in [-0.4, -0.2) is 36.7 Å². The molecule has 0 radical (unpaired) electrons. The number of thioether (sulfide) groups is 1. The second kappa shape index (κ2) is 8.88. The van der Waals surface area contributed by atoms with E-state index in [4.69, 9.17) is 4.74 Å². The molecule has 1 N–H and O–H groups in total. The summed E-state index contributed by atoms with van der Waals surface area (Å²) in [5.41, 5.74) is 0. The molecule has 0 saturated carbocycles. The fraction of sp³-hybridized carbons (Fsp3) is 0.917. The summed E-state index contributed by atoms with van der Waals surface area (Å²) in [7, 11) is 1.80. The van der Waals surface area contributed by atoms with Crippen molar-refractivity contribution in [3.8, 4) is 0 Å². The summed E-state index contributed by atoms with van der Waals surface area (Å²) < 4.78 is 4.99. The van der Waals surface area contributed by atoms with Crippen LogP contribution in [0.25, 0.3) is 0 Å². The number of ether oxygens (including phenoxy) is 1. The molecule has 0 rings (SSSR count). The molecule has 96 valence electrons. The smallest absolute Gasteiger partial charge is 0.323 e. The fourth-order valence-electron chi connectivity index (χ4n) is 1.19. The van der Waals surface area contributed by atoms with E-state index in [1.54, 1.807) is 7.05 Å². The van der Waals surface area contributed by atoms with E-state index in [1.807, 2.05) is 18.7 Å². The summed E-state index contributed by atoms with van der Waals surface area (Å²) in [4.78, 5) is 11.5. The van der Waals surface area contributed by atoms with Gasteiger partial charge in [0.2, 0.25) is 0 Å². The quantitative estimate of drug-likeness (QED) is 0.668. The van der Waals surface area contributed by atoms with Gasteiger partial charge in [-0.3, -0.25) is 4.79 Å². The van der Waals surface area contributed by atoms with Crippen LogP contribution in [0.4, 0.5) is 0 Å². The highest BCUT2D eigenvalue weighted by molar-refractivity contribution is 7.99. The Kier molecular flexibility index (Phi) is 8.76. The van der Waals surface area contributed by atoms with Crippen molar-refractivity contribution in [1.82, 2.24) is 5.32 Å². The average molecular weight is 247 g/mol. The Labute approximate surface area is 104 Å². The highest BCUT2D eigenvalue weighted by atomic mass is 32.2. The zero-order valence-electron chi connectivity index (χ0n) is 11.1. The molecule has 0 heterocycles. The van der Waals surface area contributed by atoms with Gasteiger partial charge in [0.25, 0.3) is 0 Å². The Hall–Kier alpha value is -0.220. The Balaban J connectivity index is 3.83. The van der Waals surface area contributed by atoms with Gasteiger partial charge < -0.3 is 10.1 Å². The van der Waals surface area contributed by atoms with Crippen LogP contribution in [0.15, 0.2) is 0 Å². The van der Waals surface area contributed by atoms with E-state index in [2.05, 4.69) is 26.1 Å². The topological polar surface area (TPSA) is 38.3 Å². The first kappa shape index (κ1) is 15.8. The molecule has 4 heteroatoms. The number of hydrogen-bond donors (Lipinski definition) is 1. The molecule has 0 aliphatic heterocycles. The van der Waals surface area contributed by atoms with Crippen molar-refractivity contribution < 1.29 is 9.53 Å².